The molecule has 1 fully saturated rings. The summed E-state index contributed by atoms with van der Waals surface area (Å²) in [6, 6.07) is -0.733. The molecule has 1 heterocycles. The first-order chi connectivity index (χ1) is 9.75. The van der Waals surface area contributed by atoms with Crippen LogP contribution in [0, 0.1) is 11.8 Å². The smallest absolute Gasteiger partial charge is 0.307 e. The third-order valence-electron chi connectivity index (χ3n) is 3.67. The summed E-state index contributed by atoms with van der Waals surface area (Å²) < 4.78 is 5.28. The van der Waals surface area contributed by atoms with Gasteiger partial charge in [0.2, 0.25) is 11.8 Å². The number of amides is 2. The fraction of sp³-hybridized carbons (Fsp3) is 0.786. The Hall–Kier alpha value is -1.63. The van der Waals surface area contributed by atoms with E-state index >= 15 is 0 Å². The number of carboxylic acids is 1. The minimum atomic E-state index is -1.02. The molecule has 0 saturated carbocycles. The molecule has 1 rings (SSSR count). The molecule has 0 aliphatic carbocycles. The van der Waals surface area contributed by atoms with Crippen LogP contribution in [0.5, 0.6) is 0 Å². The Balaban J connectivity index is 2.83. The molecule has 0 radical (unpaired) electrons. The summed E-state index contributed by atoms with van der Waals surface area (Å²) in [7, 11) is 0. The van der Waals surface area contributed by atoms with Crippen molar-refractivity contribution in [1.82, 2.24) is 10.2 Å². The van der Waals surface area contributed by atoms with E-state index in [0.717, 1.165) is 0 Å². The number of rotatable bonds is 5. The van der Waals surface area contributed by atoms with Crippen molar-refractivity contribution in [1.29, 1.82) is 0 Å². The van der Waals surface area contributed by atoms with E-state index in [1.807, 2.05) is 13.8 Å². The van der Waals surface area contributed by atoms with Crippen LogP contribution < -0.4 is 5.32 Å². The third kappa shape index (κ3) is 4.42. The predicted molar refractivity (Wildman–Crippen MR) is 75.6 cm³/mol. The molecule has 2 amide bonds. The number of aliphatic carboxylic acids is 1. The highest BCUT2D eigenvalue weighted by molar-refractivity contribution is 5.90. The second kappa shape index (κ2) is 7.40. The van der Waals surface area contributed by atoms with Gasteiger partial charge in [0, 0.05) is 18.5 Å². The lowest BCUT2D eigenvalue weighted by Crippen LogP contribution is -2.58. The number of ether oxygens (including phenoxy) is 1. The normalized spacial score (nSPS) is 21.8. The highest BCUT2D eigenvalue weighted by Gasteiger charge is 2.37. The summed E-state index contributed by atoms with van der Waals surface area (Å²) in [5, 5.41) is 11.8. The highest BCUT2D eigenvalue weighted by Crippen LogP contribution is 2.18. The molecular formula is C14H24N2O5. The summed E-state index contributed by atoms with van der Waals surface area (Å²) in [5.74, 6) is -3.10. The van der Waals surface area contributed by atoms with Crippen LogP contribution in [0.1, 0.15) is 27.7 Å². The van der Waals surface area contributed by atoms with Crippen molar-refractivity contribution >= 4 is 17.8 Å². The number of nitrogens with one attached hydrogen (secondary N) is 1. The molecule has 3 unspecified atom stereocenters. The summed E-state index contributed by atoms with van der Waals surface area (Å²) in [6.45, 7) is 7.53. The third-order valence-corrected chi connectivity index (χ3v) is 3.67. The van der Waals surface area contributed by atoms with Gasteiger partial charge in [0.15, 0.2) is 0 Å². The van der Waals surface area contributed by atoms with Crippen molar-refractivity contribution in [3.8, 4) is 0 Å². The van der Waals surface area contributed by atoms with Crippen LogP contribution in [-0.2, 0) is 19.1 Å². The fourth-order valence-electron chi connectivity index (χ4n) is 2.15. The molecule has 2 N–H and O–H groups in total. The molecule has 1 aliphatic heterocycles. The lowest BCUT2D eigenvalue weighted by atomic mass is 9.94. The van der Waals surface area contributed by atoms with Gasteiger partial charge in [-0.2, -0.15) is 0 Å². The maximum Gasteiger partial charge on any atom is 0.307 e. The molecule has 1 saturated heterocycles. The van der Waals surface area contributed by atoms with Crippen molar-refractivity contribution in [2.24, 2.45) is 11.8 Å². The Morgan fingerprint density at radius 1 is 1.19 bits per heavy atom. The van der Waals surface area contributed by atoms with Crippen LogP contribution in [0.25, 0.3) is 0 Å². The summed E-state index contributed by atoms with van der Waals surface area (Å²) in [4.78, 5) is 37.1. The second-order valence-corrected chi connectivity index (χ2v) is 5.70. The molecule has 0 aromatic carbocycles. The number of morpholine rings is 1. The van der Waals surface area contributed by atoms with Gasteiger partial charge in [-0.15, -0.1) is 0 Å². The summed E-state index contributed by atoms with van der Waals surface area (Å²) >= 11 is 0. The van der Waals surface area contributed by atoms with E-state index in [4.69, 9.17) is 9.84 Å². The minimum Gasteiger partial charge on any atom is -0.481 e. The molecule has 0 bridgehead atoms. The lowest BCUT2D eigenvalue weighted by Gasteiger charge is -2.37. The van der Waals surface area contributed by atoms with Crippen LogP contribution in [-0.4, -0.2) is 59.6 Å². The average molecular weight is 300 g/mol. The Morgan fingerprint density at radius 2 is 1.81 bits per heavy atom. The molecular weight excluding hydrogens is 276 g/mol. The van der Waals surface area contributed by atoms with E-state index in [2.05, 4.69) is 5.32 Å². The Morgan fingerprint density at radius 3 is 2.33 bits per heavy atom. The standard InChI is InChI=1S/C14H24N2O5/c1-8(2)15-12(17)11-7-21-6-5-16(11)13(18)9(3)10(4)14(19)20/h8-11H,5-7H2,1-4H3,(H,15,17)(H,19,20). The van der Waals surface area contributed by atoms with Gasteiger partial charge >= 0.3 is 5.97 Å². The molecule has 7 heteroatoms. The van der Waals surface area contributed by atoms with E-state index in [0.29, 0.717) is 13.2 Å². The number of hydrogen-bond acceptors (Lipinski definition) is 4. The summed E-state index contributed by atoms with van der Waals surface area (Å²) in [6.07, 6.45) is 0. The molecule has 0 spiro atoms. The first-order valence-electron chi connectivity index (χ1n) is 7.17. The van der Waals surface area contributed by atoms with Gasteiger partial charge < -0.3 is 20.1 Å². The number of hydrogen-bond donors (Lipinski definition) is 2. The fourth-order valence-corrected chi connectivity index (χ4v) is 2.15. The lowest BCUT2D eigenvalue weighted by molar-refractivity contribution is -0.156. The van der Waals surface area contributed by atoms with Gasteiger partial charge in [0.05, 0.1) is 19.1 Å². The van der Waals surface area contributed by atoms with Crippen molar-refractivity contribution in [3.63, 3.8) is 0 Å². The van der Waals surface area contributed by atoms with Crippen LogP contribution >= 0.6 is 0 Å². The molecule has 3 atom stereocenters. The monoisotopic (exact) mass is 300 g/mol. The SMILES string of the molecule is CC(C)NC(=O)C1COCCN1C(=O)C(C)C(C)C(=O)O. The number of carbonyl (C=O) groups excluding carboxylic acids is 2. The zero-order valence-electron chi connectivity index (χ0n) is 13.0. The van der Waals surface area contributed by atoms with Gasteiger partial charge in [0.25, 0.3) is 0 Å². The average Bonchev–Trinajstić information content (AvgIpc) is 2.44. The van der Waals surface area contributed by atoms with E-state index < -0.39 is 23.8 Å². The van der Waals surface area contributed by atoms with Crippen molar-refractivity contribution < 1.29 is 24.2 Å². The maximum atomic E-state index is 12.5. The van der Waals surface area contributed by atoms with Gasteiger partial charge in [0.1, 0.15) is 6.04 Å². The molecule has 1 aliphatic rings. The Kier molecular flexibility index (Phi) is 6.14. The number of carbonyl (C=O) groups is 3. The van der Waals surface area contributed by atoms with Gasteiger partial charge in [-0.25, -0.2) is 0 Å². The zero-order valence-corrected chi connectivity index (χ0v) is 13.0. The van der Waals surface area contributed by atoms with E-state index in [1.54, 1.807) is 6.92 Å². The van der Waals surface area contributed by atoms with Gasteiger partial charge in [-0.1, -0.05) is 13.8 Å². The van der Waals surface area contributed by atoms with Gasteiger partial charge in [-0.3, -0.25) is 14.4 Å². The van der Waals surface area contributed by atoms with Crippen LogP contribution in [0.4, 0.5) is 0 Å². The Labute approximate surface area is 124 Å². The molecule has 120 valence electrons. The topological polar surface area (TPSA) is 95.9 Å². The number of nitrogens with zero attached hydrogens (tertiary/aromatic N) is 1. The first kappa shape index (κ1) is 17.4. The molecule has 0 aromatic heterocycles. The Bertz CT molecular complexity index is 410. The molecule has 0 aromatic rings. The van der Waals surface area contributed by atoms with E-state index in [9.17, 15) is 14.4 Å². The summed E-state index contributed by atoms with van der Waals surface area (Å²) in [5.41, 5.74) is 0. The predicted octanol–water partition coefficient (Wildman–Crippen LogP) is 0.0952. The maximum absolute atomic E-state index is 12.5. The minimum absolute atomic E-state index is 0.0354. The molecule has 7 nitrogen and oxygen atoms in total. The van der Waals surface area contributed by atoms with E-state index in [-0.39, 0.29) is 24.5 Å². The van der Waals surface area contributed by atoms with Crippen molar-refractivity contribution in [2.45, 2.75) is 39.8 Å². The van der Waals surface area contributed by atoms with Crippen molar-refractivity contribution in [2.75, 3.05) is 19.8 Å². The highest BCUT2D eigenvalue weighted by atomic mass is 16.5. The zero-order chi connectivity index (χ0) is 16.2. The van der Waals surface area contributed by atoms with Crippen LogP contribution in [0.3, 0.4) is 0 Å². The first-order valence-corrected chi connectivity index (χ1v) is 7.17. The van der Waals surface area contributed by atoms with Crippen molar-refractivity contribution in [3.05, 3.63) is 0 Å². The van der Waals surface area contributed by atoms with Crippen LogP contribution in [0.2, 0.25) is 0 Å². The van der Waals surface area contributed by atoms with Crippen LogP contribution in [0.15, 0.2) is 0 Å². The van der Waals surface area contributed by atoms with E-state index in [1.165, 1.54) is 11.8 Å². The quantitative estimate of drug-likeness (QED) is 0.750. The largest absolute Gasteiger partial charge is 0.481 e. The number of carboxylic acid groups (broad SMARTS) is 1. The molecule has 21 heavy (non-hydrogen) atoms. The van der Waals surface area contributed by atoms with Gasteiger partial charge in [-0.05, 0) is 13.8 Å². The second-order valence-electron chi connectivity index (χ2n) is 5.70.